The lowest BCUT2D eigenvalue weighted by Crippen LogP contribution is -1.93. The van der Waals surface area contributed by atoms with E-state index in [9.17, 15) is 0 Å². The van der Waals surface area contributed by atoms with Crippen molar-refractivity contribution in [1.82, 2.24) is 4.98 Å². The Balaban J connectivity index is 2.59. The van der Waals surface area contributed by atoms with E-state index in [4.69, 9.17) is 14.7 Å². The van der Waals surface area contributed by atoms with Crippen molar-refractivity contribution < 1.29 is 9.47 Å². The smallest absolute Gasteiger partial charge is 0.152 e. The summed E-state index contributed by atoms with van der Waals surface area (Å²) in [5.74, 6) is 1.44. The van der Waals surface area contributed by atoms with Crippen molar-refractivity contribution in [3.63, 3.8) is 0 Å². The fourth-order valence-corrected chi connectivity index (χ4v) is 2.57. The molecule has 18 heavy (non-hydrogen) atoms. The van der Waals surface area contributed by atoms with E-state index in [1.807, 2.05) is 25.1 Å². The average Bonchev–Trinajstić information content (AvgIpc) is 2.85. The van der Waals surface area contributed by atoms with Crippen molar-refractivity contribution in [2.45, 2.75) is 6.92 Å². The Morgan fingerprint density at radius 2 is 2.06 bits per heavy atom. The van der Waals surface area contributed by atoms with Gasteiger partial charge in [-0.05, 0) is 18.6 Å². The molecule has 0 saturated carbocycles. The summed E-state index contributed by atoms with van der Waals surface area (Å²) in [7, 11) is 3.22. The molecule has 0 atom stereocenters. The third-order valence-electron chi connectivity index (χ3n) is 2.56. The van der Waals surface area contributed by atoms with E-state index in [0.717, 1.165) is 21.9 Å². The SMILES string of the molecule is COc1cc(C)c(-c2nc(C#N)cs2)c(OC)c1. The van der Waals surface area contributed by atoms with Crippen LogP contribution in [0.2, 0.25) is 0 Å². The van der Waals surface area contributed by atoms with Gasteiger partial charge in [-0.1, -0.05) is 0 Å². The lowest BCUT2D eigenvalue weighted by Gasteiger charge is -2.11. The van der Waals surface area contributed by atoms with Gasteiger partial charge >= 0.3 is 0 Å². The molecular weight excluding hydrogens is 248 g/mol. The number of benzene rings is 1. The Hall–Kier alpha value is -2.06. The second-order valence-electron chi connectivity index (χ2n) is 3.67. The second kappa shape index (κ2) is 5.07. The summed E-state index contributed by atoms with van der Waals surface area (Å²) in [6, 6.07) is 5.77. The maximum absolute atomic E-state index is 8.82. The molecule has 4 nitrogen and oxygen atoms in total. The lowest BCUT2D eigenvalue weighted by atomic mass is 10.1. The molecule has 92 valence electrons. The molecule has 0 N–H and O–H groups in total. The maximum atomic E-state index is 8.82. The minimum atomic E-state index is 0.423. The molecule has 0 radical (unpaired) electrons. The zero-order chi connectivity index (χ0) is 13.1. The predicted octanol–water partition coefficient (Wildman–Crippen LogP) is 3.01. The first-order valence-electron chi connectivity index (χ1n) is 5.28. The topological polar surface area (TPSA) is 55.1 Å². The van der Waals surface area contributed by atoms with Crippen LogP contribution in [0.1, 0.15) is 11.3 Å². The number of nitriles is 1. The number of hydrogen-bond acceptors (Lipinski definition) is 5. The predicted molar refractivity (Wildman–Crippen MR) is 70.1 cm³/mol. The lowest BCUT2D eigenvalue weighted by molar-refractivity contribution is 0.395. The molecule has 2 aromatic rings. The van der Waals surface area contributed by atoms with Gasteiger partial charge in [-0.2, -0.15) is 5.26 Å². The van der Waals surface area contributed by atoms with Gasteiger partial charge in [0, 0.05) is 11.4 Å². The van der Waals surface area contributed by atoms with Gasteiger partial charge in [0.15, 0.2) is 5.69 Å². The summed E-state index contributed by atoms with van der Waals surface area (Å²) in [5.41, 5.74) is 2.34. The van der Waals surface area contributed by atoms with Crippen molar-refractivity contribution in [2.24, 2.45) is 0 Å². The van der Waals surface area contributed by atoms with E-state index in [1.54, 1.807) is 19.6 Å². The molecule has 1 aromatic heterocycles. The van der Waals surface area contributed by atoms with E-state index >= 15 is 0 Å². The third-order valence-corrected chi connectivity index (χ3v) is 3.42. The molecule has 1 aromatic carbocycles. The maximum Gasteiger partial charge on any atom is 0.152 e. The summed E-state index contributed by atoms with van der Waals surface area (Å²) in [5, 5.41) is 11.3. The molecule has 0 aliphatic carbocycles. The number of aromatic nitrogens is 1. The van der Waals surface area contributed by atoms with Crippen LogP contribution in [0.4, 0.5) is 0 Å². The van der Waals surface area contributed by atoms with E-state index in [-0.39, 0.29) is 0 Å². The highest BCUT2D eigenvalue weighted by molar-refractivity contribution is 7.13. The highest BCUT2D eigenvalue weighted by atomic mass is 32.1. The van der Waals surface area contributed by atoms with Crippen molar-refractivity contribution in [3.8, 4) is 28.1 Å². The van der Waals surface area contributed by atoms with Gasteiger partial charge < -0.3 is 9.47 Å². The third kappa shape index (κ3) is 2.15. The van der Waals surface area contributed by atoms with Crippen molar-refractivity contribution in [2.75, 3.05) is 14.2 Å². The summed E-state index contributed by atoms with van der Waals surface area (Å²) in [6.45, 7) is 1.97. The number of methoxy groups -OCH3 is 2. The van der Waals surface area contributed by atoms with E-state index in [1.165, 1.54) is 11.3 Å². The second-order valence-corrected chi connectivity index (χ2v) is 4.53. The van der Waals surface area contributed by atoms with Gasteiger partial charge in [0.25, 0.3) is 0 Å². The highest BCUT2D eigenvalue weighted by Gasteiger charge is 2.15. The Labute approximate surface area is 109 Å². The quantitative estimate of drug-likeness (QED) is 0.851. The molecule has 0 bridgehead atoms. The molecule has 2 rings (SSSR count). The van der Waals surface area contributed by atoms with Crippen LogP contribution in [0.5, 0.6) is 11.5 Å². The minimum Gasteiger partial charge on any atom is -0.497 e. The first-order valence-corrected chi connectivity index (χ1v) is 6.16. The van der Waals surface area contributed by atoms with Crippen LogP contribution in [-0.4, -0.2) is 19.2 Å². The van der Waals surface area contributed by atoms with E-state index in [0.29, 0.717) is 11.4 Å². The monoisotopic (exact) mass is 260 g/mol. The van der Waals surface area contributed by atoms with E-state index in [2.05, 4.69) is 4.98 Å². The van der Waals surface area contributed by atoms with Crippen LogP contribution < -0.4 is 9.47 Å². The summed E-state index contributed by atoms with van der Waals surface area (Å²) in [6.07, 6.45) is 0. The molecule has 0 aliphatic heterocycles. The number of ether oxygens (including phenoxy) is 2. The van der Waals surface area contributed by atoms with Crippen LogP contribution in [-0.2, 0) is 0 Å². The van der Waals surface area contributed by atoms with E-state index < -0.39 is 0 Å². The Kier molecular flexibility index (Phi) is 3.49. The Morgan fingerprint density at radius 1 is 1.28 bits per heavy atom. The summed E-state index contributed by atoms with van der Waals surface area (Å²) >= 11 is 1.43. The fourth-order valence-electron chi connectivity index (χ4n) is 1.72. The van der Waals surface area contributed by atoms with Gasteiger partial charge in [-0.15, -0.1) is 11.3 Å². The highest BCUT2D eigenvalue weighted by Crippen LogP contribution is 2.38. The Morgan fingerprint density at radius 3 is 2.61 bits per heavy atom. The molecule has 0 saturated heterocycles. The van der Waals surface area contributed by atoms with Gasteiger partial charge in [0.05, 0.1) is 19.8 Å². The summed E-state index contributed by atoms with van der Waals surface area (Å²) in [4.78, 5) is 4.26. The Bertz CT molecular complexity index is 614. The van der Waals surface area contributed by atoms with Gasteiger partial charge in [0.2, 0.25) is 0 Å². The van der Waals surface area contributed by atoms with Crippen LogP contribution in [0.25, 0.3) is 10.6 Å². The van der Waals surface area contributed by atoms with Crippen LogP contribution in [0.15, 0.2) is 17.5 Å². The first kappa shape index (κ1) is 12.4. The molecule has 5 heteroatoms. The number of rotatable bonds is 3. The van der Waals surface area contributed by atoms with Gasteiger partial charge in [-0.25, -0.2) is 4.98 Å². The van der Waals surface area contributed by atoms with Crippen molar-refractivity contribution >= 4 is 11.3 Å². The fraction of sp³-hybridized carbons (Fsp3) is 0.231. The molecule has 0 aliphatic rings. The van der Waals surface area contributed by atoms with Crippen LogP contribution in [0.3, 0.4) is 0 Å². The van der Waals surface area contributed by atoms with Crippen LogP contribution in [0, 0.1) is 18.3 Å². The minimum absolute atomic E-state index is 0.423. The standard InChI is InChI=1S/C13H12N2O2S/c1-8-4-10(16-2)5-11(17-3)12(8)13-15-9(6-14)7-18-13/h4-5,7H,1-3H3. The number of hydrogen-bond donors (Lipinski definition) is 0. The zero-order valence-electron chi connectivity index (χ0n) is 10.4. The number of aryl methyl sites for hydroxylation is 1. The summed E-state index contributed by atoms with van der Waals surface area (Å²) < 4.78 is 10.6. The number of nitrogens with zero attached hydrogens (tertiary/aromatic N) is 2. The van der Waals surface area contributed by atoms with Crippen molar-refractivity contribution in [3.05, 3.63) is 28.8 Å². The molecule has 1 heterocycles. The normalized spacial score (nSPS) is 9.89. The van der Waals surface area contributed by atoms with Gasteiger partial charge in [0.1, 0.15) is 22.6 Å². The molecular formula is C13H12N2O2S. The van der Waals surface area contributed by atoms with Gasteiger partial charge in [-0.3, -0.25) is 0 Å². The molecule has 0 spiro atoms. The number of thiazole rings is 1. The first-order chi connectivity index (χ1) is 8.69. The average molecular weight is 260 g/mol. The van der Waals surface area contributed by atoms with Crippen molar-refractivity contribution in [1.29, 1.82) is 5.26 Å². The molecule has 0 unspecified atom stereocenters. The molecule has 0 amide bonds. The van der Waals surface area contributed by atoms with Crippen LogP contribution >= 0.6 is 11.3 Å². The zero-order valence-corrected chi connectivity index (χ0v) is 11.2. The molecule has 0 fully saturated rings. The largest absolute Gasteiger partial charge is 0.497 e.